The summed E-state index contributed by atoms with van der Waals surface area (Å²) in [5.74, 6) is 0.526. The van der Waals surface area contributed by atoms with Crippen LogP contribution in [0.2, 0.25) is 0 Å². The number of hydrogen-bond acceptors (Lipinski definition) is 3. The Bertz CT molecular complexity index is 594. The molecule has 1 N–H and O–H groups in total. The Kier molecular flexibility index (Phi) is 3.25. The van der Waals surface area contributed by atoms with Crippen LogP contribution < -0.4 is 5.32 Å². The zero-order chi connectivity index (χ0) is 13.2. The lowest BCUT2D eigenvalue weighted by Crippen LogP contribution is -2.17. The molecule has 1 aliphatic carbocycles. The molecule has 1 heterocycles. The van der Waals surface area contributed by atoms with Crippen LogP contribution in [0.15, 0.2) is 30.3 Å². The van der Waals surface area contributed by atoms with E-state index in [9.17, 15) is 4.39 Å². The van der Waals surface area contributed by atoms with Crippen LogP contribution in [-0.4, -0.2) is 16.0 Å². The predicted octanol–water partition coefficient (Wildman–Crippen LogP) is 2.84. The van der Waals surface area contributed by atoms with Crippen molar-refractivity contribution in [3.8, 4) is 11.3 Å². The summed E-state index contributed by atoms with van der Waals surface area (Å²) >= 11 is 0. The lowest BCUT2D eigenvalue weighted by Gasteiger charge is -2.07. The molecule has 2 aromatic rings. The second-order valence-corrected chi connectivity index (χ2v) is 4.98. The van der Waals surface area contributed by atoms with E-state index in [-0.39, 0.29) is 5.82 Å². The number of rotatable bonds is 4. The van der Waals surface area contributed by atoms with Gasteiger partial charge in [-0.3, -0.25) is 0 Å². The van der Waals surface area contributed by atoms with Crippen molar-refractivity contribution < 1.29 is 4.39 Å². The molecule has 0 atom stereocenters. The Labute approximate surface area is 111 Å². The largest absolute Gasteiger partial charge is 0.307 e. The molecule has 0 radical (unpaired) electrons. The number of benzene rings is 1. The summed E-state index contributed by atoms with van der Waals surface area (Å²) in [6, 6.07) is 9.01. The quantitative estimate of drug-likeness (QED) is 0.915. The summed E-state index contributed by atoms with van der Waals surface area (Å²) in [5.41, 5.74) is 2.47. The number of hydrogen-bond donors (Lipinski definition) is 1. The smallest absolute Gasteiger partial charge is 0.143 e. The zero-order valence-electron chi connectivity index (χ0n) is 10.9. The molecule has 98 valence electrons. The highest BCUT2D eigenvalue weighted by atomic mass is 19.1. The van der Waals surface area contributed by atoms with Crippen LogP contribution in [-0.2, 0) is 6.54 Å². The van der Waals surface area contributed by atoms with Crippen LogP contribution in [0.5, 0.6) is 0 Å². The molecule has 1 saturated carbocycles. The molecular weight excluding hydrogens is 241 g/mol. The van der Waals surface area contributed by atoms with E-state index in [1.165, 1.54) is 25.0 Å². The van der Waals surface area contributed by atoms with Gasteiger partial charge < -0.3 is 5.32 Å². The lowest BCUT2D eigenvalue weighted by molar-refractivity contribution is 0.628. The average Bonchev–Trinajstić information content (AvgIpc) is 3.20. The van der Waals surface area contributed by atoms with Gasteiger partial charge in [-0.25, -0.2) is 14.4 Å². The summed E-state index contributed by atoms with van der Waals surface area (Å²) in [5, 5.41) is 3.39. The Hall–Kier alpha value is -1.81. The van der Waals surface area contributed by atoms with E-state index in [0.717, 1.165) is 22.8 Å². The number of aryl methyl sites for hydroxylation is 1. The maximum Gasteiger partial charge on any atom is 0.143 e. The minimum atomic E-state index is -0.244. The molecule has 0 saturated heterocycles. The van der Waals surface area contributed by atoms with Crippen molar-refractivity contribution in [3.05, 3.63) is 47.7 Å². The second kappa shape index (κ2) is 5.05. The number of halogens is 1. The normalized spacial score (nSPS) is 14.6. The molecule has 3 nitrogen and oxygen atoms in total. The van der Waals surface area contributed by atoms with Crippen molar-refractivity contribution in [2.75, 3.05) is 0 Å². The van der Waals surface area contributed by atoms with Gasteiger partial charge in [-0.1, -0.05) is 12.1 Å². The first-order valence-electron chi connectivity index (χ1n) is 6.54. The van der Waals surface area contributed by atoms with E-state index < -0.39 is 0 Å². The minimum Gasteiger partial charge on any atom is -0.307 e. The van der Waals surface area contributed by atoms with E-state index >= 15 is 0 Å². The standard InChI is InChI=1S/C15H16FN3/c1-10-7-14(11-3-2-4-12(16)8-11)19-15(18-10)9-17-13-5-6-13/h2-4,7-8,13,17H,5-6,9H2,1H3. The van der Waals surface area contributed by atoms with Crippen LogP contribution >= 0.6 is 0 Å². The SMILES string of the molecule is Cc1cc(-c2cccc(F)c2)nc(CNC2CC2)n1. The van der Waals surface area contributed by atoms with Gasteiger partial charge in [0.2, 0.25) is 0 Å². The minimum absolute atomic E-state index is 0.244. The van der Waals surface area contributed by atoms with Crippen LogP contribution in [0.1, 0.15) is 24.4 Å². The molecule has 1 aromatic heterocycles. The van der Waals surface area contributed by atoms with Crippen molar-refractivity contribution in [3.63, 3.8) is 0 Å². The second-order valence-electron chi connectivity index (χ2n) is 4.98. The molecule has 0 bridgehead atoms. The zero-order valence-corrected chi connectivity index (χ0v) is 10.9. The maximum atomic E-state index is 13.3. The molecule has 1 fully saturated rings. The van der Waals surface area contributed by atoms with E-state index in [0.29, 0.717) is 12.6 Å². The first-order chi connectivity index (χ1) is 9.20. The van der Waals surface area contributed by atoms with Crippen molar-refractivity contribution in [1.29, 1.82) is 0 Å². The fourth-order valence-electron chi connectivity index (χ4n) is 2.03. The summed E-state index contributed by atoms with van der Waals surface area (Å²) in [7, 11) is 0. The van der Waals surface area contributed by atoms with Crippen LogP contribution in [0, 0.1) is 12.7 Å². The van der Waals surface area contributed by atoms with Gasteiger partial charge in [-0.2, -0.15) is 0 Å². The molecular formula is C15H16FN3. The Morgan fingerprint density at radius 2 is 2.11 bits per heavy atom. The van der Waals surface area contributed by atoms with Crippen LogP contribution in [0.4, 0.5) is 4.39 Å². The first kappa shape index (κ1) is 12.2. The molecule has 4 heteroatoms. The van der Waals surface area contributed by atoms with Gasteiger partial charge in [0.15, 0.2) is 0 Å². The highest BCUT2D eigenvalue weighted by Gasteiger charge is 2.20. The topological polar surface area (TPSA) is 37.8 Å². The van der Waals surface area contributed by atoms with Crippen LogP contribution in [0.25, 0.3) is 11.3 Å². The molecule has 19 heavy (non-hydrogen) atoms. The summed E-state index contributed by atoms with van der Waals surface area (Å²) < 4.78 is 13.3. The van der Waals surface area contributed by atoms with Crippen molar-refractivity contribution >= 4 is 0 Å². The predicted molar refractivity (Wildman–Crippen MR) is 72.0 cm³/mol. The third-order valence-electron chi connectivity index (χ3n) is 3.15. The fourth-order valence-corrected chi connectivity index (χ4v) is 2.03. The average molecular weight is 257 g/mol. The maximum absolute atomic E-state index is 13.3. The summed E-state index contributed by atoms with van der Waals surface area (Å²) in [4.78, 5) is 8.92. The molecule has 1 aliphatic rings. The van der Waals surface area contributed by atoms with Crippen molar-refractivity contribution in [1.82, 2.24) is 15.3 Å². The molecule has 1 aromatic carbocycles. The van der Waals surface area contributed by atoms with Gasteiger partial charge in [-0.05, 0) is 38.0 Å². The third-order valence-corrected chi connectivity index (χ3v) is 3.15. The van der Waals surface area contributed by atoms with E-state index in [1.54, 1.807) is 6.07 Å². The third kappa shape index (κ3) is 3.15. The summed E-state index contributed by atoms with van der Waals surface area (Å²) in [6.45, 7) is 2.61. The van der Waals surface area contributed by atoms with E-state index in [4.69, 9.17) is 0 Å². The Balaban J connectivity index is 1.87. The fraction of sp³-hybridized carbons (Fsp3) is 0.333. The monoisotopic (exact) mass is 257 g/mol. The highest BCUT2D eigenvalue weighted by molar-refractivity contribution is 5.59. The number of nitrogens with one attached hydrogen (secondary N) is 1. The van der Waals surface area contributed by atoms with E-state index in [2.05, 4.69) is 15.3 Å². The van der Waals surface area contributed by atoms with Crippen molar-refractivity contribution in [2.24, 2.45) is 0 Å². The van der Waals surface area contributed by atoms with Crippen LogP contribution in [0.3, 0.4) is 0 Å². The molecule has 0 unspecified atom stereocenters. The molecule has 3 rings (SSSR count). The Morgan fingerprint density at radius 1 is 1.26 bits per heavy atom. The van der Waals surface area contributed by atoms with Gasteiger partial charge in [0.1, 0.15) is 11.6 Å². The van der Waals surface area contributed by atoms with E-state index in [1.807, 2.05) is 19.1 Å². The molecule has 0 spiro atoms. The summed E-state index contributed by atoms with van der Waals surface area (Å²) in [6.07, 6.45) is 2.48. The van der Waals surface area contributed by atoms with Gasteiger partial charge in [-0.15, -0.1) is 0 Å². The molecule has 0 amide bonds. The lowest BCUT2D eigenvalue weighted by atomic mass is 10.1. The van der Waals surface area contributed by atoms with Gasteiger partial charge in [0.25, 0.3) is 0 Å². The highest BCUT2D eigenvalue weighted by Crippen LogP contribution is 2.21. The van der Waals surface area contributed by atoms with Gasteiger partial charge >= 0.3 is 0 Å². The Morgan fingerprint density at radius 3 is 2.84 bits per heavy atom. The van der Waals surface area contributed by atoms with Crippen molar-refractivity contribution in [2.45, 2.75) is 32.4 Å². The number of aromatic nitrogens is 2. The molecule has 0 aliphatic heterocycles. The number of nitrogens with zero attached hydrogens (tertiary/aromatic N) is 2. The van der Waals surface area contributed by atoms with Gasteiger partial charge in [0, 0.05) is 17.3 Å². The van der Waals surface area contributed by atoms with Gasteiger partial charge in [0.05, 0.1) is 12.2 Å². The first-order valence-corrected chi connectivity index (χ1v) is 6.54.